The van der Waals surface area contributed by atoms with Crippen LogP contribution in [0.4, 0.5) is 0 Å². The first-order valence-electron chi connectivity index (χ1n) is 9.21. The molecule has 1 aromatic carbocycles. The van der Waals surface area contributed by atoms with E-state index in [2.05, 4.69) is 0 Å². The average Bonchev–Trinajstić information content (AvgIpc) is 2.95. The molecule has 2 aliphatic heterocycles. The summed E-state index contributed by atoms with van der Waals surface area (Å²) in [6, 6.07) is 4.68. The van der Waals surface area contributed by atoms with Gasteiger partial charge in [-0.3, -0.25) is 9.59 Å². The molecule has 0 aromatic heterocycles. The van der Waals surface area contributed by atoms with Crippen LogP contribution in [0.5, 0.6) is 5.75 Å². The van der Waals surface area contributed by atoms with Gasteiger partial charge >= 0.3 is 0 Å². The van der Waals surface area contributed by atoms with Crippen molar-refractivity contribution in [1.82, 2.24) is 9.80 Å². The number of piperazine rings is 1. The number of rotatable bonds is 4. The molecule has 0 saturated carbocycles. The Kier molecular flexibility index (Phi) is 5.46. The smallest absolute Gasteiger partial charge is 0.260 e. The van der Waals surface area contributed by atoms with E-state index in [-0.39, 0.29) is 29.9 Å². The van der Waals surface area contributed by atoms with E-state index in [4.69, 9.17) is 4.74 Å². The van der Waals surface area contributed by atoms with Gasteiger partial charge in [-0.25, -0.2) is 8.42 Å². The highest BCUT2D eigenvalue weighted by Crippen LogP contribution is 2.28. The second kappa shape index (κ2) is 7.50. The third-order valence-electron chi connectivity index (χ3n) is 5.46. The van der Waals surface area contributed by atoms with Crippen LogP contribution in [0, 0.1) is 13.8 Å². The van der Waals surface area contributed by atoms with Crippen LogP contribution in [-0.4, -0.2) is 73.3 Å². The van der Waals surface area contributed by atoms with Crippen molar-refractivity contribution in [1.29, 1.82) is 0 Å². The number of sulfone groups is 1. The minimum atomic E-state index is -3.28. The van der Waals surface area contributed by atoms with Crippen LogP contribution in [-0.2, 0) is 19.4 Å². The first kappa shape index (κ1) is 19.7. The van der Waals surface area contributed by atoms with Gasteiger partial charge in [-0.05, 0) is 37.1 Å². The molecule has 2 unspecified atom stereocenters. The van der Waals surface area contributed by atoms with Crippen LogP contribution in [0.25, 0.3) is 0 Å². The number of hydrogen-bond donors (Lipinski definition) is 0. The van der Waals surface area contributed by atoms with Crippen LogP contribution in [0.2, 0.25) is 0 Å². The third-order valence-corrected chi connectivity index (χ3v) is 7.16. The molecular formula is C19H26N2O5S. The van der Waals surface area contributed by atoms with E-state index in [9.17, 15) is 18.0 Å². The summed E-state index contributed by atoms with van der Waals surface area (Å²) in [6.07, 6.45) is 0.326. The fourth-order valence-corrected chi connectivity index (χ4v) is 5.79. The molecular weight excluding hydrogens is 368 g/mol. The predicted octanol–water partition coefficient (Wildman–Crippen LogP) is 0.929. The highest BCUT2D eigenvalue weighted by atomic mass is 32.2. The molecule has 2 heterocycles. The van der Waals surface area contributed by atoms with Crippen LogP contribution >= 0.6 is 0 Å². The highest BCUT2D eigenvalue weighted by Gasteiger charge is 2.49. The summed E-state index contributed by atoms with van der Waals surface area (Å²) in [5.74, 6) is 0.123. The summed E-state index contributed by atoms with van der Waals surface area (Å²) in [5, 5.41) is 0. The van der Waals surface area contributed by atoms with Gasteiger partial charge in [0.1, 0.15) is 5.75 Å². The molecule has 8 heteroatoms. The fourth-order valence-electron chi connectivity index (χ4n) is 3.81. The Morgan fingerprint density at radius 1 is 1.04 bits per heavy atom. The zero-order chi connectivity index (χ0) is 19.8. The lowest BCUT2D eigenvalue weighted by molar-refractivity contribution is -0.146. The van der Waals surface area contributed by atoms with Crippen molar-refractivity contribution in [3.05, 3.63) is 29.3 Å². The Balaban J connectivity index is 1.71. The van der Waals surface area contributed by atoms with Gasteiger partial charge in [0.15, 0.2) is 16.4 Å². The molecule has 0 aliphatic carbocycles. The largest absolute Gasteiger partial charge is 0.484 e. The number of benzene rings is 1. The van der Waals surface area contributed by atoms with Crippen molar-refractivity contribution >= 4 is 21.7 Å². The Morgan fingerprint density at radius 2 is 1.63 bits per heavy atom. The number of carbonyl (C=O) groups excluding carboxylic acids is 2. The summed E-state index contributed by atoms with van der Waals surface area (Å²) in [5.41, 5.74) is 2.22. The molecule has 0 radical (unpaired) electrons. The van der Waals surface area contributed by atoms with Crippen molar-refractivity contribution < 1.29 is 22.7 Å². The quantitative estimate of drug-likeness (QED) is 0.759. The lowest BCUT2D eigenvalue weighted by atomic mass is 10.0. The maximum atomic E-state index is 12.7. The second-order valence-electron chi connectivity index (χ2n) is 7.27. The fraction of sp³-hybridized carbons (Fsp3) is 0.579. The molecule has 2 aliphatic rings. The minimum absolute atomic E-state index is 0.0689. The van der Waals surface area contributed by atoms with Gasteiger partial charge in [-0.1, -0.05) is 13.0 Å². The van der Waals surface area contributed by atoms with Crippen molar-refractivity contribution in [3.8, 4) is 5.75 Å². The van der Waals surface area contributed by atoms with Gasteiger partial charge in [-0.2, -0.15) is 0 Å². The third kappa shape index (κ3) is 4.10. The molecule has 0 bridgehead atoms. The van der Waals surface area contributed by atoms with Crippen molar-refractivity contribution in [2.45, 2.75) is 39.3 Å². The van der Waals surface area contributed by atoms with Gasteiger partial charge in [0.25, 0.3) is 5.91 Å². The Labute approximate surface area is 160 Å². The van der Waals surface area contributed by atoms with E-state index in [1.807, 2.05) is 32.0 Å². The van der Waals surface area contributed by atoms with Gasteiger partial charge in [0.05, 0.1) is 23.6 Å². The standard InChI is InChI=1S/C19H26N2O5S/c1-4-18(22)20-7-8-21(17-12-27(24,25)11-16(17)20)19(23)10-26-15-6-5-13(2)14(3)9-15/h5-6,9,16-17H,4,7-8,10-12H2,1-3H3. The molecule has 2 saturated heterocycles. The summed E-state index contributed by atoms with van der Waals surface area (Å²) in [7, 11) is -3.28. The summed E-state index contributed by atoms with van der Waals surface area (Å²) >= 11 is 0. The number of hydrogen-bond acceptors (Lipinski definition) is 5. The first-order chi connectivity index (χ1) is 12.7. The van der Waals surface area contributed by atoms with Crippen LogP contribution in [0.15, 0.2) is 18.2 Å². The topological polar surface area (TPSA) is 84.0 Å². The lowest BCUT2D eigenvalue weighted by Crippen LogP contribution is -2.62. The van der Waals surface area contributed by atoms with Crippen LogP contribution < -0.4 is 4.74 Å². The van der Waals surface area contributed by atoms with Gasteiger partial charge in [-0.15, -0.1) is 0 Å². The van der Waals surface area contributed by atoms with E-state index < -0.39 is 21.9 Å². The van der Waals surface area contributed by atoms with Crippen LogP contribution in [0.3, 0.4) is 0 Å². The van der Waals surface area contributed by atoms with Crippen molar-refractivity contribution in [3.63, 3.8) is 0 Å². The minimum Gasteiger partial charge on any atom is -0.484 e. The number of amides is 2. The zero-order valence-electron chi connectivity index (χ0n) is 16.0. The summed E-state index contributed by atoms with van der Waals surface area (Å²) in [6.45, 7) is 6.28. The molecule has 148 valence electrons. The van der Waals surface area contributed by atoms with Gasteiger partial charge in [0, 0.05) is 19.5 Å². The highest BCUT2D eigenvalue weighted by molar-refractivity contribution is 7.91. The summed E-state index contributed by atoms with van der Waals surface area (Å²) < 4.78 is 30.0. The second-order valence-corrected chi connectivity index (χ2v) is 9.43. The Bertz CT molecular complexity index is 852. The van der Waals surface area contributed by atoms with Crippen molar-refractivity contribution in [2.24, 2.45) is 0 Å². The molecule has 3 rings (SSSR count). The average molecular weight is 394 g/mol. The molecule has 2 atom stereocenters. The number of carbonyl (C=O) groups is 2. The number of ether oxygens (including phenoxy) is 1. The monoisotopic (exact) mass is 394 g/mol. The number of nitrogens with zero attached hydrogens (tertiary/aromatic N) is 2. The number of fused-ring (bicyclic) bond motifs is 1. The molecule has 7 nitrogen and oxygen atoms in total. The van der Waals surface area contributed by atoms with Gasteiger partial charge < -0.3 is 14.5 Å². The normalized spacial score (nSPS) is 23.8. The molecule has 0 spiro atoms. The molecule has 0 N–H and O–H groups in total. The van der Waals surface area contributed by atoms with E-state index >= 15 is 0 Å². The van der Waals surface area contributed by atoms with E-state index in [1.165, 1.54) is 0 Å². The molecule has 2 fully saturated rings. The first-order valence-corrected chi connectivity index (χ1v) is 11.0. The molecule has 1 aromatic rings. The summed E-state index contributed by atoms with van der Waals surface area (Å²) in [4.78, 5) is 28.1. The maximum Gasteiger partial charge on any atom is 0.260 e. The van der Waals surface area contributed by atoms with E-state index in [0.717, 1.165) is 11.1 Å². The van der Waals surface area contributed by atoms with E-state index in [1.54, 1.807) is 16.7 Å². The van der Waals surface area contributed by atoms with E-state index in [0.29, 0.717) is 25.3 Å². The van der Waals surface area contributed by atoms with Crippen LogP contribution in [0.1, 0.15) is 24.5 Å². The lowest BCUT2D eigenvalue weighted by Gasteiger charge is -2.43. The Morgan fingerprint density at radius 3 is 2.19 bits per heavy atom. The zero-order valence-corrected chi connectivity index (χ0v) is 16.8. The van der Waals surface area contributed by atoms with Gasteiger partial charge in [0.2, 0.25) is 5.91 Å². The predicted molar refractivity (Wildman–Crippen MR) is 101 cm³/mol. The van der Waals surface area contributed by atoms with Crippen molar-refractivity contribution in [2.75, 3.05) is 31.2 Å². The molecule has 27 heavy (non-hydrogen) atoms. The maximum absolute atomic E-state index is 12.7. The SMILES string of the molecule is CCC(=O)N1CCN(C(=O)COc2ccc(C)c(C)c2)C2CS(=O)(=O)CC21. The molecule has 2 amide bonds. The Hall–Kier alpha value is -2.09. The number of aryl methyl sites for hydroxylation is 2.